The summed E-state index contributed by atoms with van der Waals surface area (Å²) in [7, 11) is 3.24. The fourth-order valence-corrected chi connectivity index (χ4v) is 5.26. The van der Waals surface area contributed by atoms with E-state index in [1.807, 2.05) is 24.4 Å². The number of carbonyl (C=O) groups is 1. The number of likely N-dealkylation sites (tertiary alicyclic amines) is 1. The van der Waals surface area contributed by atoms with Crippen molar-refractivity contribution in [1.82, 2.24) is 14.8 Å². The van der Waals surface area contributed by atoms with Crippen LogP contribution in [-0.4, -0.2) is 73.7 Å². The maximum atomic E-state index is 13.4. The van der Waals surface area contributed by atoms with Gasteiger partial charge in [-0.15, -0.1) is 0 Å². The van der Waals surface area contributed by atoms with Crippen LogP contribution < -0.4 is 14.2 Å². The molecule has 7 heteroatoms. The first-order valence-corrected chi connectivity index (χ1v) is 12.1. The molecule has 0 spiro atoms. The van der Waals surface area contributed by atoms with E-state index in [-0.39, 0.29) is 11.9 Å². The fraction of sp³-hybridized carbons (Fsp3) is 0.444. The molecular weight excluding hydrogens is 430 g/mol. The summed E-state index contributed by atoms with van der Waals surface area (Å²) >= 11 is 0. The summed E-state index contributed by atoms with van der Waals surface area (Å²) in [6, 6.07) is 12.2. The van der Waals surface area contributed by atoms with Crippen LogP contribution in [0.4, 0.5) is 0 Å². The number of H-pyrrole nitrogens is 1. The van der Waals surface area contributed by atoms with E-state index in [9.17, 15) is 4.79 Å². The zero-order valence-electron chi connectivity index (χ0n) is 20.0. The zero-order valence-corrected chi connectivity index (χ0v) is 20.0. The van der Waals surface area contributed by atoms with Crippen molar-refractivity contribution in [2.45, 2.75) is 31.7 Å². The number of piperidine rings is 1. The van der Waals surface area contributed by atoms with Crippen LogP contribution in [0.15, 0.2) is 42.6 Å². The van der Waals surface area contributed by atoms with Gasteiger partial charge in [-0.3, -0.25) is 4.79 Å². The highest BCUT2D eigenvalue weighted by atomic mass is 16.5. The number of nitrogens with one attached hydrogen (secondary N) is 1. The number of amides is 1. The van der Waals surface area contributed by atoms with Crippen molar-refractivity contribution in [1.29, 1.82) is 0 Å². The molecule has 34 heavy (non-hydrogen) atoms. The Morgan fingerprint density at radius 2 is 1.91 bits per heavy atom. The van der Waals surface area contributed by atoms with Gasteiger partial charge in [-0.1, -0.05) is 0 Å². The van der Waals surface area contributed by atoms with Gasteiger partial charge in [0.25, 0.3) is 5.91 Å². The van der Waals surface area contributed by atoms with Crippen LogP contribution in [0.1, 0.15) is 35.2 Å². The molecule has 3 aromatic rings. The molecule has 0 bridgehead atoms. The number of rotatable bonds is 8. The topological polar surface area (TPSA) is 67.0 Å². The monoisotopic (exact) mass is 463 g/mol. The molecule has 1 N–H and O–H groups in total. The molecule has 7 nitrogen and oxygen atoms in total. The SMILES string of the molecule is COc1cc2c(cc1OC)C(=O)N(C1CCCN(CCCOc3ccc4[nH]ccc4c3)C1)CC2. The third-order valence-electron chi connectivity index (χ3n) is 7.06. The lowest BCUT2D eigenvalue weighted by atomic mass is 9.94. The molecule has 1 amide bonds. The lowest BCUT2D eigenvalue weighted by Gasteiger charge is -2.41. The average molecular weight is 464 g/mol. The summed E-state index contributed by atoms with van der Waals surface area (Å²) in [5.74, 6) is 2.31. The number of hydrogen-bond donors (Lipinski definition) is 1. The molecule has 1 fully saturated rings. The molecule has 0 radical (unpaired) electrons. The van der Waals surface area contributed by atoms with Gasteiger partial charge in [0.15, 0.2) is 11.5 Å². The van der Waals surface area contributed by atoms with Crippen LogP contribution in [-0.2, 0) is 6.42 Å². The summed E-state index contributed by atoms with van der Waals surface area (Å²) in [6.45, 7) is 4.42. The number of ether oxygens (including phenoxy) is 3. The summed E-state index contributed by atoms with van der Waals surface area (Å²) < 4.78 is 16.8. The van der Waals surface area contributed by atoms with Gasteiger partial charge in [0.05, 0.1) is 20.8 Å². The molecule has 2 aliphatic rings. The van der Waals surface area contributed by atoms with E-state index < -0.39 is 0 Å². The van der Waals surface area contributed by atoms with Crippen molar-refractivity contribution in [2.24, 2.45) is 0 Å². The van der Waals surface area contributed by atoms with E-state index in [4.69, 9.17) is 14.2 Å². The van der Waals surface area contributed by atoms with Crippen molar-refractivity contribution < 1.29 is 19.0 Å². The summed E-state index contributed by atoms with van der Waals surface area (Å²) in [4.78, 5) is 21.1. The lowest BCUT2D eigenvalue weighted by molar-refractivity contribution is 0.0517. The Morgan fingerprint density at radius 1 is 1.06 bits per heavy atom. The zero-order chi connectivity index (χ0) is 23.5. The molecular formula is C27H33N3O4. The molecule has 1 unspecified atom stereocenters. The second-order valence-corrected chi connectivity index (χ2v) is 9.14. The molecule has 0 saturated carbocycles. The number of aromatic amines is 1. The van der Waals surface area contributed by atoms with E-state index in [1.54, 1.807) is 14.2 Å². The molecule has 180 valence electrons. The molecule has 1 aromatic heterocycles. The van der Waals surface area contributed by atoms with Crippen molar-refractivity contribution in [3.05, 3.63) is 53.7 Å². The molecule has 2 aromatic carbocycles. The standard InChI is InChI=1S/C27H33N3O4/c1-32-25-16-19-9-13-30(27(31)23(19)17-26(25)33-2)21-5-3-11-29(18-21)12-4-14-34-22-6-7-24-20(15-22)8-10-28-24/h6-8,10,15-17,21,28H,3-5,9,11-14,18H2,1-2H3. The fourth-order valence-electron chi connectivity index (χ4n) is 5.26. The lowest BCUT2D eigenvalue weighted by Crippen LogP contribution is -2.52. The maximum absolute atomic E-state index is 13.4. The van der Waals surface area contributed by atoms with Crippen LogP contribution in [0.25, 0.3) is 10.9 Å². The molecule has 1 saturated heterocycles. The summed E-state index contributed by atoms with van der Waals surface area (Å²) in [5, 5.41) is 1.17. The van der Waals surface area contributed by atoms with Crippen LogP contribution in [0.5, 0.6) is 17.2 Å². The first-order valence-electron chi connectivity index (χ1n) is 12.1. The smallest absolute Gasteiger partial charge is 0.254 e. The third-order valence-corrected chi connectivity index (χ3v) is 7.06. The highest BCUT2D eigenvalue weighted by Gasteiger charge is 2.33. The normalized spacial score (nSPS) is 18.7. The predicted octanol–water partition coefficient (Wildman–Crippen LogP) is 4.12. The van der Waals surface area contributed by atoms with E-state index >= 15 is 0 Å². The Bertz CT molecular complexity index is 1160. The molecule has 0 aliphatic carbocycles. The van der Waals surface area contributed by atoms with Crippen molar-refractivity contribution in [2.75, 3.05) is 47.0 Å². The molecule has 3 heterocycles. The number of methoxy groups -OCH3 is 2. The second-order valence-electron chi connectivity index (χ2n) is 9.14. The van der Waals surface area contributed by atoms with E-state index in [0.29, 0.717) is 18.1 Å². The van der Waals surface area contributed by atoms with Crippen LogP contribution >= 0.6 is 0 Å². The summed E-state index contributed by atoms with van der Waals surface area (Å²) in [5.41, 5.74) is 2.91. The minimum atomic E-state index is 0.109. The number of hydrogen-bond acceptors (Lipinski definition) is 5. The number of benzene rings is 2. The van der Waals surface area contributed by atoms with Crippen LogP contribution in [0.3, 0.4) is 0 Å². The van der Waals surface area contributed by atoms with Gasteiger partial charge in [-0.25, -0.2) is 0 Å². The van der Waals surface area contributed by atoms with Crippen LogP contribution in [0, 0.1) is 0 Å². The van der Waals surface area contributed by atoms with Crippen molar-refractivity contribution >= 4 is 16.8 Å². The van der Waals surface area contributed by atoms with E-state index in [1.165, 1.54) is 5.39 Å². The highest BCUT2D eigenvalue weighted by molar-refractivity contribution is 5.97. The minimum absolute atomic E-state index is 0.109. The Labute approximate surface area is 200 Å². The Kier molecular flexibility index (Phi) is 6.63. The van der Waals surface area contributed by atoms with Gasteiger partial charge < -0.3 is 29.0 Å². The number of carbonyl (C=O) groups excluding carboxylic acids is 1. The minimum Gasteiger partial charge on any atom is -0.494 e. The van der Waals surface area contributed by atoms with Gasteiger partial charge in [0, 0.05) is 48.3 Å². The van der Waals surface area contributed by atoms with Gasteiger partial charge >= 0.3 is 0 Å². The second kappa shape index (κ2) is 9.97. The molecule has 5 rings (SSSR count). The van der Waals surface area contributed by atoms with Crippen molar-refractivity contribution in [3.8, 4) is 17.2 Å². The van der Waals surface area contributed by atoms with Gasteiger partial charge in [-0.05, 0) is 74.2 Å². The summed E-state index contributed by atoms with van der Waals surface area (Å²) in [6.07, 6.45) is 5.92. The van der Waals surface area contributed by atoms with Crippen molar-refractivity contribution in [3.63, 3.8) is 0 Å². The Morgan fingerprint density at radius 3 is 2.76 bits per heavy atom. The first-order chi connectivity index (χ1) is 16.7. The highest BCUT2D eigenvalue weighted by Crippen LogP contribution is 2.34. The van der Waals surface area contributed by atoms with E-state index in [0.717, 1.165) is 74.3 Å². The number of fused-ring (bicyclic) bond motifs is 2. The first kappa shape index (κ1) is 22.6. The van der Waals surface area contributed by atoms with Gasteiger partial charge in [0.2, 0.25) is 0 Å². The largest absolute Gasteiger partial charge is 0.494 e. The number of aromatic nitrogens is 1. The third kappa shape index (κ3) is 4.57. The van der Waals surface area contributed by atoms with Gasteiger partial charge in [0.1, 0.15) is 5.75 Å². The molecule has 2 aliphatic heterocycles. The Hall–Kier alpha value is -3.19. The van der Waals surface area contributed by atoms with Gasteiger partial charge in [-0.2, -0.15) is 0 Å². The Balaban J connectivity index is 1.15. The van der Waals surface area contributed by atoms with E-state index in [2.05, 4.69) is 33.0 Å². The predicted molar refractivity (Wildman–Crippen MR) is 132 cm³/mol. The quantitative estimate of drug-likeness (QED) is 0.509. The number of nitrogens with zero attached hydrogens (tertiary/aromatic N) is 2. The van der Waals surface area contributed by atoms with Crippen LogP contribution in [0.2, 0.25) is 0 Å². The molecule has 1 atom stereocenters. The average Bonchev–Trinajstić information content (AvgIpc) is 3.34. The maximum Gasteiger partial charge on any atom is 0.254 e.